The molecule has 2 aliphatic carbocycles. The second kappa shape index (κ2) is 6.70. The van der Waals surface area contributed by atoms with Gasteiger partial charge < -0.3 is 9.64 Å². The van der Waals surface area contributed by atoms with E-state index in [1.807, 2.05) is 16.5 Å². The summed E-state index contributed by atoms with van der Waals surface area (Å²) in [5.41, 5.74) is 0. The van der Waals surface area contributed by atoms with Gasteiger partial charge in [0.15, 0.2) is 0 Å². The lowest BCUT2D eigenvalue weighted by Crippen LogP contribution is -2.51. The zero-order valence-corrected chi connectivity index (χ0v) is 14.4. The van der Waals surface area contributed by atoms with Crippen molar-refractivity contribution in [2.45, 2.75) is 70.1 Å². The lowest BCUT2D eigenvalue weighted by Gasteiger charge is -2.36. The minimum absolute atomic E-state index is 0.0860. The van der Waals surface area contributed by atoms with E-state index in [0.717, 1.165) is 12.8 Å². The fourth-order valence-electron chi connectivity index (χ4n) is 3.91. The molecule has 1 saturated heterocycles. The van der Waals surface area contributed by atoms with Gasteiger partial charge in [-0.2, -0.15) is 0 Å². The second-order valence-electron chi connectivity index (χ2n) is 7.50. The summed E-state index contributed by atoms with van der Waals surface area (Å²) in [6.45, 7) is 3.33. The van der Waals surface area contributed by atoms with Crippen molar-refractivity contribution in [1.82, 2.24) is 19.7 Å². The SMILES string of the molecule is C[C@H]1CN(C(=O)Nc2ncn(C3CCCCC3)n2)C[C@H](C2CC2)O1. The summed E-state index contributed by atoms with van der Waals surface area (Å²) in [5.74, 6) is 1.04. The van der Waals surface area contributed by atoms with E-state index in [4.69, 9.17) is 4.74 Å². The van der Waals surface area contributed by atoms with Crippen LogP contribution in [0.5, 0.6) is 0 Å². The van der Waals surface area contributed by atoms with Crippen LogP contribution in [0.3, 0.4) is 0 Å². The number of rotatable bonds is 3. The highest BCUT2D eigenvalue weighted by molar-refractivity contribution is 5.87. The first kappa shape index (κ1) is 15.9. The standard InChI is InChI=1S/C17H27N5O2/c1-12-9-21(10-15(24-12)13-7-8-13)17(23)19-16-18-11-22(20-16)14-5-3-2-4-6-14/h11-15H,2-10H2,1H3,(H,19,20,23)/t12-,15+/m0/s1. The zero-order valence-electron chi connectivity index (χ0n) is 14.4. The summed E-state index contributed by atoms with van der Waals surface area (Å²) in [6.07, 6.45) is 10.6. The van der Waals surface area contributed by atoms with E-state index in [1.54, 1.807) is 6.33 Å². The van der Waals surface area contributed by atoms with Crippen molar-refractivity contribution in [1.29, 1.82) is 0 Å². The lowest BCUT2D eigenvalue weighted by atomic mass is 9.96. The molecule has 1 N–H and O–H groups in total. The van der Waals surface area contributed by atoms with Crippen molar-refractivity contribution in [3.63, 3.8) is 0 Å². The molecule has 4 rings (SSSR count). The van der Waals surface area contributed by atoms with E-state index >= 15 is 0 Å². The zero-order chi connectivity index (χ0) is 16.5. The van der Waals surface area contributed by atoms with Crippen LogP contribution in [0.2, 0.25) is 0 Å². The molecule has 132 valence electrons. The quantitative estimate of drug-likeness (QED) is 0.923. The minimum atomic E-state index is -0.114. The number of amides is 2. The van der Waals surface area contributed by atoms with Crippen LogP contribution < -0.4 is 5.32 Å². The Bertz CT molecular complexity index is 579. The largest absolute Gasteiger partial charge is 0.371 e. The molecule has 3 fully saturated rings. The molecule has 1 aromatic heterocycles. The van der Waals surface area contributed by atoms with Gasteiger partial charge in [0.1, 0.15) is 6.33 Å². The molecule has 7 nitrogen and oxygen atoms in total. The van der Waals surface area contributed by atoms with Gasteiger partial charge in [-0.3, -0.25) is 5.32 Å². The normalized spacial score (nSPS) is 28.8. The molecule has 2 amide bonds. The highest BCUT2D eigenvalue weighted by atomic mass is 16.5. The smallest absolute Gasteiger partial charge is 0.324 e. The van der Waals surface area contributed by atoms with Crippen molar-refractivity contribution in [2.75, 3.05) is 18.4 Å². The Kier molecular flexibility index (Phi) is 4.43. The molecular weight excluding hydrogens is 306 g/mol. The summed E-state index contributed by atoms with van der Waals surface area (Å²) in [6, 6.07) is 0.316. The Balaban J connectivity index is 1.36. The highest BCUT2D eigenvalue weighted by Crippen LogP contribution is 2.36. The first-order chi connectivity index (χ1) is 11.7. The van der Waals surface area contributed by atoms with E-state index in [1.165, 1.54) is 32.1 Å². The van der Waals surface area contributed by atoms with Gasteiger partial charge in [-0.05, 0) is 38.5 Å². The molecule has 24 heavy (non-hydrogen) atoms. The number of nitrogens with zero attached hydrogens (tertiary/aromatic N) is 4. The monoisotopic (exact) mass is 333 g/mol. The Morgan fingerprint density at radius 3 is 2.75 bits per heavy atom. The van der Waals surface area contributed by atoms with E-state index < -0.39 is 0 Å². The third-order valence-corrected chi connectivity index (χ3v) is 5.40. The van der Waals surface area contributed by atoms with Gasteiger partial charge >= 0.3 is 6.03 Å². The number of anilines is 1. The van der Waals surface area contributed by atoms with Crippen LogP contribution in [0.25, 0.3) is 0 Å². The molecule has 1 aromatic rings. The lowest BCUT2D eigenvalue weighted by molar-refractivity contribution is -0.0718. The van der Waals surface area contributed by atoms with Crippen LogP contribution in [0.1, 0.15) is 57.9 Å². The number of hydrogen-bond donors (Lipinski definition) is 1. The number of hydrogen-bond acceptors (Lipinski definition) is 4. The maximum absolute atomic E-state index is 12.6. The molecule has 2 saturated carbocycles. The highest BCUT2D eigenvalue weighted by Gasteiger charge is 2.38. The number of carbonyl (C=O) groups is 1. The predicted molar refractivity (Wildman–Crippen MR) is 89.8 cm³/mol. The molecule has 3 aliphatic rings. The van der Waals surface area contributed by atoms with E-state index in [9.17, 15) is 4.79 Å². The van der Waals surface area contributed by atoms with Gasteiger partial charge in [0, 0.05) is 13.1 Å². The summed E-state index contributed by atoms with van der Waals surface area (Å²) in [7, 11) is 0. The van der Waals surface area contributed by atoms with Crippen molar-refractivity contribution < 1.29 is 9.53 Å². The predicted octanol–water partition coefficient (Wildman–Crippen LogP) is 2.81. The van der Waals surface area contributed by atoms with Crippen LogP contribution in [-0.2, 0) is 4.74 Å². The van der Waals surface area contributed by atoms with Gasteiger partial charge in [-0.15, -0.1) is 5.10 Å². The van der Waals surface area contributed by atoms with Crippen molar-refractivity contribution in [2.24, 2.45) is 5.92 Å². The van der Waals surface area contributed by atoms with Crippen molar-refractivity contribution in [3.8, 4) is 0 Å². The van der Waals surface area contributed by atoms with Gasteiger partial charge in [0.25, 0.3) is 0 Å². The number of morpholine rings is 1. The van der Waals surface area contributed by atoms with Crippen molar-refractivity contribution in [3.05, 3.63) is 6.33 Å². The maximum Gasteiger partial charge on any atom is 0.324 e. The number of aromatic nitrogens is 3. The molecular formula is C17H27N5O2. The summed E-state index contributed by atoms with van der Waals surface area (Å²) in [4.78, 5) is 18.7. The molecule has 2 atom stereocenters. The molecule has 0 radical (unpaired) electrons. The maximum atomic E-state index is 12.6. The van der Waals surface area contributed by atoms with Gasteiger partial charge in [-0.25, -0.2) is 14.5 Å². The number of urea groups is 1. The Morgan fingerprint density at radius 1 is 1.21 bits per heavy atom. The first-order valence-electron chi connectivity index (χ1n) is 9.31. The topological polar surface area (TPSA) is 72.3 Å². The van der Waals surface area contributed by atoms with E-state index in [-0.39, 0.29) is 18.2 Å². The molecule has 0 unspecified atom stereocenters. The number of carbonyl (C=O) groups excluding carboxylic acids is 1. The fourth-order valence-corrected chi connectivity index (χ4v) is 3.91. The average Bonchev–Trinajstić information content (AvgIpc) is 3.35. The van der Waals surface area contributed by atoms with Gasteiger partial charge in [-0.1, -0.05) is 19.3 Å². The molecule has 1 aliphatic heterocycles. The Hall–Kier alpha value is -1.63. The van der Waals surface area contributed by atoms with Crippen LogP contribution in [-0.4, -0.2) is 51.0 Å². The molecule has 2 heterocycles. The van der Waals surface area contributed by atoms with Crippen LogP contribution in [0, 0.1) is 5.92 Å². The number of nitrogens with one attached hydrogen (secondary N) is 1. The first-order valence-corrected chi connectivity index (χ1v) is 9.31. The third-order valence-electron chi connectivity index (χ3n) is 5.40. The fraction of sp³-hybridized carbons (Fsp3) is 0.824. The van der Waals surface area contributed by atoms with Crippen LogP contribution >= 0.6 is 0 Å². The number of ether oxygens (including phenoxy) is 1. The third kappa shape index (κ3) is 3.55. The minimum Gasteiger partial charge on any atom is -0.371 e. The molecule has 0 spiro atoms. The van der Waals surface area contributed by atoms with E-state index in [2.05, 4.69) is 15.4 Å². The second-order valence-corrected chi connectivity index (χ2v) is 7.50. The Labute approximate surface area is 142 Å². The van der Waals surface area contributed by atoms with Gasteiger partial charge in [0.2, 0.25) is 5.95 Å². The molecule has 0 aromatic carbocycles. The van der Waals surface area contributed by atoms with Crippen molar-refractivity contribution >= 4 is 12.0 Å². The summed E-state index contributed by atoms with van der Waals surface area (Å²) < 4.78 is 7.89. The van der Waals surface area contributed by atoms with Crippen LogP contribution in [0.4, 0.5) is 10.7 Å². The van der Waals surface area contributed by atoms with E-state index in [0.29, 0.717) is 31.0 Å². The Morgan fingerprint density at radius 2 is 2.00 bits per heavy atom. The molecule has 0 bridgehead atoms. The van der Waals surface area contributed by atoms with Gasteiger partial charge in [0.05, 0.1) is 18.2 Å². The summed E-state index contributed by atoms with van der Waals surface area (Å²) >= 11 is 0. The van der Waals surface area contributed by atoms with Crippen LogP contribution in [0.15, 0.2) is 6.33 Å². The summed E-state index contributed by atoms with van der Waals surface area (Å²) in [5, 5.41) is 7.33. The average molecular weight is 333 g/mol. The molecule has 7 heteroatoms.